The number of benzene rings is 2. The minimum atomic E-state index is -3.00. The van der Waals surface area contributed by atoms with E-state index < -0.39 is 12.5 Å². The Morgan fingerprint density at radius 2 is 1.92 bits per heavy atom. The molecule has 0 unspecified atom stereocenters. The first-order valence-electron chi connectivity index (χ1n) is 7.97. The second kappa shape index (κ2) is 8.05. The van der Waals surface area contributed by atoms with Gasteiger partial charge in [0.25, 0.3) is 5.91 Å². The molecule has 3 rings (SSSR count). The monoisotopic (exact) mass is 374 g/mol. The van der Waals surface area contributed by atoms with Crippen molar-refractivity contribution >= 4 is 22.4 Å². The molecule has 1 N–H and O–H groups in total. The molecule has 0 radical (unpaired) electrons. The van der Waals surface area contributed by atoms with Gasteiger partial charge in [0, 0.05) is 10.9 Å². The summed E-state index contributed by atoms with van der Waals surface area (Å²) < 4.78 is 29.3. The van der Waals surface area contributed by atoms with Gasteiger partial charge in [-0.1, -0.05) is 43.3 Å². The lowest BCUT2D eigenvalue weighted by atomic mass is 10.1. The number of para-hydroxylation sites is 1. The molecular weight excluding hydrogens is 358 g/mol. The Balaban J connectivity index is 1.76. The van der Waals surface area contributed by atoms with E-state index in [4.69, 9.17) is 0 Å². The summed E-state index contributed by atoms with van der Waals surface area (Å²) in [6, 6.07) is 13.9. The van der Waals surface area contributed by atoms with Gasteiger partial charge in [-0.15, -0.1) is 11.3 Å². The molecule has 1 amide bonds. The number of aromatic nitrogens is 1. The quantitative estimate of drug-likeness (QED) is 0.643. The molecule has 3 aromatic rings. The van der Waals surface area contributed by atoms with Crippen molar-refractivity contribution in [3.8, 4) is 17.0 Å². The third-order valence-electron chi connectivity index (χ3n) is 3.73. The Morgan fingerprint density at radius 3 is 2.62 bits per heavy atom. The number of aryl methyl sites for hydroxylation is 1. The highest BCUT2D eigenvalue weighted by atomic mass is 32.1. The zero-order chi connectivity index (χ0) is 18.5. The maximum atomic E-state index is 12.5. The number of ether oxygens (including phenoxy) is 1. The summed E-state index contributed by atoms with van der Waals surface area (Å²) in [5.74, 6) is -0.726. The molecule has 0 bridgehead atoms. The predicted octanol–water partition coefficient (Wildman–Crippen LogP) is 5.23. The van der Waals surface area contributed by atoms with Gasteiger partial charge in [-0.05, 0) is 24.1 Å². The highest BCUT2D eigenvalue weighted by Gasteiger charge is 2.16. The van der Waals surface area contributed by atoms with Gasteiger partial charge in [-0.2, -0.15) is 8.78 Å². The van der Waals surface area contributed by atoms with Crippen molar-refractivity contribution in [3.63, 3.8) is 0 Å². The van der Waals surface area contributed by atoms with Crippen molar-refractivity contribution < 1.29 is 18.3 Å². The standard InChI is InChI=1S/C19H16F2N2O2S/c1-2-12-7-9-13(10-8-12)15-11-26-19(22-15)23-17(24)14-5-3-4-6-16(14)25-18(20)21/h3-11,18H,2H2,1H3,(H,22,23,24). The summed E-state index contributed by atoms with van der Waals surface area (Å²) in [6.07, 6.45) is 0.957. The average Bonchev–Trinajstić information content (AvgIpc) is 3.10. The number of anilines is 1. The van der Waals surface area contributed by atoms with Crippen molar-refractivity contribution in [2.24, 2.45) is 0 Å². The van der Waals surface area contributed by atoms with E-state index in [0.29, 0.717) is 5.13 Å². The van der Waals surface area contributed by atoms with Gasteiger partial charge in [0.05, 0.1) is 11.3 Å². The minimum absolute atomic E-state index is 0.0249. The van der Waals surface area contributed by atoms with Crippen molar-refractivity contribution in [2.75, 3.05) is 5.32 Å². The van der Waals surface area contributed by atoms with Gasteiger partial charge >= 0.3 is 6.61 Å². The van der Waals surface area contributed by atoms with Gasteiger partial charge in [-0.25, -0.2) is 4.98 Å². The Labute approximate surface area is 153 Å². The summed E-state index contributed by atoms with van der Waals surface area (Å²) in [6.45, 7) is -0.914. The number of rotatable bonds is 6. The van der Waals surface area contributed by atoms with E-state index >= 15 is 0 Å². The maximum absolute atomic E-state index is 12.5. The second-order valence-electron chi connectivity index (χ2n) is 5.42. The van der Waals surface area contributed by atoms with Crippen LogP contribution in [0.4, 0.5) is 13.9 Å². The first-order chi connectivity index (χ1) is 12.6. The van der Waals surface area contributed by atoms with Crippen LogP contribution in [-0.4, -0.2) is 17.5 Å². The molecule has 7 heteroatoms. The summed E-state index contributed by atoms with van der Waals surface area (Å²) >= 11 is 1.27. The van der Waals surface area contributed by atoms with Crippen LogP contribution in [0.3, 0.4) is 0 Å². The summed E-state index contributed by atoms with van der Waals surface area (Å²) in [4.78, 5) is 16.8. The van der Waals surface area contributed by atoms with Crippen molar-refractivity contribution in [1.29, 1.82) is 0 Å². The molecule has 4 nitrogen and oxygen atoms in total. The SMILES string of the molecule is CCc1ccc(-c2csc(NC(=O)c3ccccc3OC(F)F)n2)cc1. The molecule has 0 aliphatic carbocycles. The molecular formula is C19H16F2N2O2S. The van der Waals surface area contributed by atoms with Gasteiger partial charge in [0.2, 0.25) is 0 Å². The van der Waals surface area contributed by atoms with E-state index in [-0.39, 0.29) is 11.3 Å². The Hall–Kier alpha value is -2.80. The average molecular weight is 374 g/mol. The number of nitrogens with zero attached hydrogens (tertiary/aromatic N) is 1. The highest BCUT2D eigenvalue weighted by molar-refractivity contribution is 7.14. The number of amides is 1. The molecule has 0 saturated carbocycles. The number of halogens is 2. The maximum Gasteiger partial charge on any atom is 0.387 e. The van der Waals surface area contributed by atoms with E-state index in [9.17, 15) is 13.6 Å². The smallest absolute Gasteiger partial charge is 0.387 e. The molecule has 0 aliphatic heterocycles. The number of carbonyl (C=O) groups is 1. The molecule has 1 aromatic heterocycles. The van der Waals surface area contributed by atoms with E-state index in [1.165, 1.54) is 35.1 Å². The van der Waals surface area contributed by atoms with Crippen LogP contribution in [0.1, 0.15) is 22.8 Å². The third kappa shape index (κ3) is 4.23. The lowest BCUT2D eigenvalue weighted by Crippen LogP contribution is -2.14. The number of thiazole rings is 1. The third-order valence-corrected chi connectivity index (χ3v) is 4.49. The summed E-state index contributed by atoms with van der Waals surface area (Å²) in [7, 11) is 0. The zero-order valence-electron chi connectivity index (χ0n) is 13.9. The molecule has 1 heterocycles. The van der Waals surface area contributed by atoms with E-state index in [1.54, 1.807) is 6.07 Å². The summed E-state index contributed by atoms with van der Waals surface area (Å²) in [5.41, 5.74) is 2.94. The minimum Gasteiger partial charge on any atom is -0.434 e. The fraction of sp³-hybridized carbons (Fsp3) is 0.158. The highest BCUT2D eigenvalue weighted by Crippen LogP contribution is 2.27. The van der Waals surface area contributed by atoms with Gasteiger partial charge in [0.1, 0.15) is 5.75 Å². The normalized spacial score (nSPS) is 10.8. The molecule has 0 fully saturated rings. The van der Waals surface area contributed by atoms with Crippen molar-refractivity contribution in [3.05, 3.63) is 65.0 Å². The number of hydrogen-bond acceptors (Lipinski definition) is 4. The molecule has 0 saturated heterocycles. The topological polar surface area (TPSA) is 51.2 Å². The first kappa shape index (κ1) is 18.0. The van der Waals surface area contributed by atoms with Crippen molar-refractivity contribution in [1.82, 2.24) is 4.98 Å². The lowest BCUT2D eigenvalue weighted by molar-refractivity contribution is -0.0501. The van der Waals surface area contributed by atoms with Crippen LogP contribution < -0.4 is 10.1 Å². The van der Waals surface area contributed by atoms with Crippen LogP contribution >= 0.6 is 11.3 Å². The first-order valence-corrected chi connectivity index (χ1v) is 8.85. The van der Waals surface area contributed by atoms with Gasteiger partial charge in [-0.3, -0.25) is 10.1 Å². The molecule has 0 atom stereocenters. The summed E-state index contributed by atoms with van der Waals surface area (Å²) in [5, 5.41) is 4.85. The van der Waals surface area contributed by atoms with E-state index in [1.807, 2.05) is 29.6 Å². The predicted molar refractivity (Wildman–Crippen MR) is 98.0 cm³/mol. The van der Waals surface area contributed by atoms with Gasteiger partial charge < -0.3 is 4.74 Å². The van der Waals surface area contributed by atoms with Crippen LogP contribution in [-0.2, 0) is 6.42 Å². The molecule has 26 heavy (non-hydrogen) atoms. The number of alkyl halides is 2. The fourth-order valence-electron chi connectivity index (χ4n) is 2.39. The molecule has 2 aromatic carbocycles. The Bertz CT molecular complexity index is 895. The van der Waals surface area contributed by atoms with Crippen LogP contribution in [0.2, 0.25) is 0 Å². The number of carbonyl (C=O) groups excluding carboxylic acids is 1. The molecule has 0 spiro atoms. The Kier molecular flexibility index (Phi) is 5.58. The second-order valence-corrected chi connectivity index (χ2v) is 6.28. The number of nitrogens with one attached hydrogen (secondary N) is 1. The largest absolute Gasteiger partial charge is 0.434 e. The van der Waals surface area contributed by atoms with E-state index in [2.05, 4.69) is 22.0 Å². The van der Waals surface area contributed by atoms with Crippen LogP contribution in [0.5, 0.6) is 5.75 Å². The van der Waals surface area contributed by atoms with E-state index in [0.717, 1.165) is 17.7 Å². The fourth-order valence-corrected chi connectivity index (χ4v) is 3.11. The van der Waals surface area contributed by atoms with Gasteiger partial charge in [0.15, 0.2) is 5.13 Å². The van der Waals surface area contributed by atoms with Crippen LogP contribution in [0.15, 0.2) is 53.9 Å². The Morgan fingerprint density at radius 1 is 1.19 bits per heavy atom. The zero-order valence-corrected chi connectivity index (χ0v) is 14.7. The number of hydrogen-bond donors (Lipinski definition) is 1. The van der Waals surface area contributed by atoms with Crippen molar-refractivity contribution in [2.45, 2.75) is 20.0 Å². The lowest BCUT2D eigenvalue weighted by Gasteiger charge is -2.09. The molecule has 0 aliphatic rings. The molecule has 134 valence electrons. The van der Waals surface area contributed by atoms with Crippen LogP contribution in [0.25, 0.3) is 11.3 Å². The van der Waals surface area contributed by atoms with Crippen LogP contribution in [0, 0.1) is 0 Å².